The third-order valence-corrected chi connectivity index (χ3v) is 4.64. The minimum absolute atomic E-state index is 0.0588. The average molecular weight is 314 g/mol. The van der Waals surface area contributed by atoms with Crippen LogP contribution in [0.1, 0.15) is 86.0 Å². The third kappa shape index (κ3) is 9.47. The summed E-state index contributed by atoms with van der Waals surface area (Å²) in [5, 5.41) is 8.97. The van der Waals surface area contributed by atoms with Crippen molar-refractivity contribution in [1.29, 1.82) is 0 Å². The quantitative estimate of drug-likeness (QED) is 0.679. The average Bonchev–Trinajstić information content (AvgIpc) is 2.47. The lowest BCUT2D eigenvalue weighted by molar-refractivity contribution is -0.132. The Morgan fingerprint density at radius 3 is 1.95 bits per heavy atom. The van der Waals surface area contributed by atoms with Gasteiger partial charge in [-0.05, 0) is 36.8 Å². The van der Waals surface area contributed by atoms with Crippen LogP contribution < -0.4 is 5.73 Å². The predicted molar refractivity (Wildman–Crippen MR) is 95.5 cm³/mol. The second-order valence-corrected chi connectivity index (χ2v) is 7.60. The molecule has 22 heavy (non-hydrogen) atoms. The molecule has 0 spiro atoms. The van der Waals surface area contributed by atoms with Crippen molar-refractivity contribution in [2.24, 2.45) is 17.1 Å². The molecule has 1 fully saturated rings. The highest BCUT2D eigenvalue weighted by Gasteiger charge is 2.30. The molecule has 0 aromatic heterocycles. The molecule has 0 aromatic carbocycles. The van der Waals surface area contributed by atoms with Gasteiger partial charge in [-0.15, -0.1) is 0 Å². The van der Waals surface area contributed by atoms with Crippen LogP contribution in [0.25, 0.3) is 0 Å². The van der Waals surface area contributed by atoms with Crippen molar-refractivity contribution in [1.82, 2.24) is 0 Å². The lowest BCUT2D eigenvalue weighted by Gasteiger charge is -2.36. The topological polar surface area (TPSA) is 55.5 Å². The second-order valence-electron chi connectivity index (χ2n) is 7.60. The Morgan fingerprint density at radius 2 is 1.64 bits per heavy atom. The van der Waals surface area contributed by atoms with E-state index in [1.165, 1.54) is 32.1 Å². The van der Waals surface area contributed by atoms with Crippen molar-refractivity contribution >= 4 is 0 Å². The van der Waals surface area contributed by atoms with Gasteiger partial charge < -0.3 is 15.6 Å². The summed E-state index contributed by atoms with van der Waals surface area (Å²) in [7, 11) is 0. The first-order valence-electron chi connectivity index (χ1n) is 8.96. The maximum absolute atomic E-state index is 8.97. The minimum atomic E-state index is -0.131. The number of allylic oxidation sites excluding steroid dienone is 1. The van der Waals surface area contributed by atoms with Crippen molar-refractivity contribution in [2.75, 3.05) is 6.79 Å². The molecule has 0 bridgehead atoms. The number of aliphatic hydroxyl groups excluding tert-OH is 1. The molecule has 0 amide bonds. The summed E-state index contributed by atoms with van der Waals surface area (Å²) >= 11 is 0. The zero-order chi connectivity index (χ0) is 17.1. The lowest BCUT2D eigenvalue weighted by atomic mass is 9.79. The molecule has 0 radical (unpaired) electrons. The molecule has 3 nitrogen and oxygen atoms in total. The Bertz CT molecular complexity index is 284. The lowest BCUT2D eigenvalue weighted by Crippen LogP contribution is -2.34. The van der Waals surface area contributed by atoms with Crippen LogP contribution in [0.4, 0.5) is 0 Å². The van der Waals surface area contributed by atoms with Gasteiger partial charge >= 0.3 is 0 Å². The van der Waals surface area contributed by atoms with Gasteiger partial charge in [-0.3, -0.25) is 0 Å². The van der Waals surface area contributed by atoms with Crippen LogP contribution >= 0.6 is 0 Å². The molecular formula is C19H39NO2. The number of aliphatic hydroxyl groups is 1. The summed E-state index contributed by atoms with van der Waals surface area (Å²) < 4.78 is 5.59. The van der Waals surface area contributed by atoms with Gasteiger partial charge in [0, 0.05) is 0 Å². The fraction of sp³-hybridized carbons (Fsp3) is 0.895. The highest BCUT2D eigenvalue weighted by atomic mass is 16.6. The zero-order valence-corrected chi connectivity index (χ0v) is 15.5. The molecule has 0 aromatic rings. The minimum Gasteiger partial charge on any atom is -0.405 e. The number of nitrogens with two attached hydrogens (primary N) is 1. The van der Waals surface area contributed by atoms with E-state index in [1.807, 2.05) is 6.08 Å². The molecular weight excluding hydrogens is 274 g/mol. The van der Waals surface area contributed by atoms with Gasteiger partial charge in [0.1, 0.15) is 6.79 Å². The van der Waals surface area contributed by atoms with E-state index < -0.39 is 0 Å². The van der Waals surface area contributed by atoms with Crippen LogP contribution in [-0.4, -0.2) is 17.5 Å². The third-order valence-electron chi connectivity index (χ3n) is 4.64. The largest absolute Gasteiger partial charge is 0.405 e. The number of rotatable bonds is 6. The van der Waals surface area contributed by atoms with Crippen LogP contribution in [0, 0.1) is 11.3 Å². The van der Waals surface area contributed by atoms with Gasteiger partial charge in [-0.25, -0.2) is 0 Å². The van der Waals surface area contributed by atoms with Crippen molar-refractivity contribution in [3.63, 3.8) is 0 Å². The van der Waals surface area contributed by atoms with Crippen molar-refractivity contribution < 1.29 is 9.84 Å². The molecule has 1 rings (SSSR count). The molecule has 0 atom stereocenters. The summed E-state index contributed by atoms with van der Waals surface area (Å²) in [6.45, 7) is 10.5. The highest BCUT2D eigenvalue weighted by molar-refractivity contribution is 4.88. The smallest absolute Gasteiger partial charge is 0.144 e. The van der Waals surface area contributed by atoms with Crippen LogP contribution in [-0.2, 0) is 4.74 Å². The molecule has 1 aliphatic carbocycles. The fourth-order valence-electron chi connectivity index (χ4n) is 3.14. The van der Waals surface area contributed by atoms with E-state index in [1.54, 1.807) is 6.20 Å². The SMILES string of the molecule is CC(C)(C)/C=C/N.CCC(CC)(CC1CCCCC1)OCO. The first-order chi connectivity index (χ1) is 10.3. The Kier molecular flexibility index (Phi) is 10.8. The van der Waals surface area contributed by atoms with Crippen LogP contribution in [0.3, 0.4) is 0 Å². The highest BCUT2D eigenvalue weighted by Crippen LogP contribution is 2.35. The number of hydrogen-bond acceptors (Lipinski definition) is 3. The van der Waals surface area contributed by atoms with Crippen molar-refractivity contribution in [3.8, 4) is 0 Å². The summed E-state index contributed by atoms with van der Waals surface area (Å²) in [6, 6.07) is 0. The van der Waals surface area contributed by atoms with E-state index >= 15 is 0 Å². The molecule has 1 saturated carbocycles. The monoisotopic (exact) mass is 313 g/mol. The normalized spacial score (nSPS) is 17.4. The van der Waals surface area contributed by atoms with Gasteiger partial charge in [0.15, 0.2) is 0 Å². The Balaban J connectivity index is 0.000000534. The summed E-state index contributed by atoms with van der Waals surface area (Å²) in [5.74, 6) is 0.824. The van der Waals surface area contributed by atoms with Crippen LogP contribution in [0.2, 0.25) is 0 Å². The molecule has 0 heterocycles. The van der Waals surface area contributed by atoms with Gasteiger partial charge in [-0.1, -0.05) is 72.8 Å². The van der Waals surface area contributed by atoms with E-state index in [4.69, 9.17) is 15.6 Å². The molecule has 3 N–H and O–H groups in total. The first-order valence-corrected chi connectivity index (χ1v) is 8.96. The van der Waals surface area contributed by atoms with E-state index in [9.17, 15) is 0 Å². The van der Waals surface area contributed by atoms with Crippen molar-refractivity contribution in [2.45, 2.75) is 91.6 Å². The van der Waals surface area contributed by atoms with Gasteiger partial charge in [-0.2, -0.15) is 0 Å². The molecule has 3 heteroatoms. The molecule has 0 unspecified atom stereocenters. The predicted octanol–water partition coefficient (Wildman–Crippen LogP) is 4.99. The Hall–Kier alpha value is -0.540. The van der Waals surface area contributed by atoms with Crippen LogP contribution in [0.5, 0.6) is 0 Å². The fourth-order valence-corrected chi connectivity index (χ4v) is 3.14. The van der Waals surface area contributed by atoms with E-state index in [0.29, 0.717) is 0 Å². The maximum atomic E-state index is 8.97. The summed E-state index contributed by atoms with van der Waals surface area (Å²) in [5.41, 5.74) is 5.32. The van der Waals surface area contributed by atoms with Crippen molar-refractivity contribution in [3.05, 3.63) is 12.3 Å². The van der Waals surface area contributed by atoms with Crippen LogP contribution in [0.15, 0.2) is 12.3 Å². The van der Waals surface area contributed by atoms with E-state index in [0.717, 1.165) is 25.2 Å². The van der Waals surface area contributed by atoms with Gasteiger partial charge in [0.25, 0.3) is 0 Å². The molecule has 1 aliphatic rings. The molecule has 132 valence electrons. The Morgan fingerprint density at radius 1 is 1.09 bits per heavy atom. The van der Waals surface area contributed by atoms with Gasteiger partial charge in [0.2, 0.25) is 0 Å². The number of hydrogen-bond donors (Lipinski definition) is 2. The maximum Gasteiger partial charge on any atom is 0.144 e. The van der Waals surface area contributed by atoms with E-state index in [2.05, 4.69) is 34.6 Å². The second kappa shape index (κ2) is 11.1. The summed E-state index contributed by atoms with van der Waals surface area (Å²) in [4.78, 5) is 0. The van der Waals surface area contributed by atoms with Gasteiger partial charge in [0.05, 0.1) is 5.60 Å². The van der Waals surface area contributed by atoms with E-state index in [-0.39, 0.29) is 17.8 Å². The molecule has 0 saturated heterocycles. The zero-order valence-electron chi connectivity index (χ0n) is 15.5. The molecule has 0 aliphatic heterocycles. The first kappa shape index (κ1) is 21.5. The number of ether oxygens (including phenoxy) is 1. The summed E-state index contributed by atoms with van der Waals surface area (Å²) in [6.07, 6.45) is 13.6. The standard InChI is InChI=1S/C13H26O2.C6H13N/c1-3-13(4-2,15-11-14)10-12-8-6-5-7-9-12;1-6(2,3)4-5-7/h12,14H,3-11H2,1-2H3;4-5H,7H2,1-3H3/b;5-4+. The Labute approximate surface area is 138 Å².